The molecule has 2 aromatic heterocycles. The molecule has 0 atom stereocenters. The van der Waals surface area contributed by atoms with Crippen LogP contribution >= 0.6 is 0 Å². The third-order valence-electron chi connectivity index (χ3n) is 2.81. The number of rotatable bonds is 4. The van der Waals surface area contributed by atoms with Crippen LogP contribution in [0.2, 0.25) is 0 Å². The largest absolute Gasteiger partial charge is 0.478 e. The molecule has 20 heavy (non-hydrogen) atoms. The summed E-state index contributed by atoms with van der Waals surface area (Å²) in [6, 6.07) is 5.89. The molecule has 3 aromatic rings. The molecule has 1 aromatic carbocycles. The molecule has 1 N–H and O–H groups in total. The summed E-state index contributed by atoms with van der Waals surface area (Å²) < 4.78 is 11.1. The normalized spacial score (nSPS) is 10.7. The van der Waals surface area contributed by atoms with Crippen molar-refractivity contribution in [3.63, 3.8) is 0 Å². The molecule has 0 aliphatic carbocycles. The molecule has 0 aliphatic heterocycles. The average molecular weight is 270 g/mol. The van der Waals surface area contributed by atoms with Crippen molar-refractivity contribution in [2.24, 2.45) is 0 Å². The van der Waals surface area contributed by atoms with Gasteiger partial charge >= 0.3 is 6.01 Å². The summed E-state index contributed by atoms with van der Waals surface area (Å²) in [5.41, 5.74) is 1.78. The highest BCUT2D eigenvalue weighted by molar-refractivity contribution is 5.79. The van der Waals surface area contributed by atoms with Gasteiger partial charge in [-0.3, -0.25) is 5.10 Å². The predicted octanol–water partition coefficient (Wildman–Crippen LogP) is 2.85. The van der Waals surface area contributed by atoms with Gasteiger partial charge in [0.2, 0.25) is 5.88 Å². The average Bonchev–Trinajstić information content (AvgIpc) is 2.90. The molecule has 102 valence electrons. The first kappa shape index (κ1) is 12.4. The summed E-state index contributed by atoms with van der Waals surface area (Å²) in [6.07, 6.45) is 3.44. The van der Waals surface area contributed by atoms with Crippen LogP contribution in [0.5, 0.6) is 17.6 Å². The van der Waals surface area contributed by atoms with E-state index in [0.717, 1.165) is 16.5 Å². The highest BCUT2D eigenvalue weighted by Gasteiger charge is 2.07. The van der Waals surface area contributed by atoms with E-state index in [4.69, 9.17) is 9.47 Å². The van der Waals surface area contributed by atoms with E-state index in [2.05, 4.69) is 20.2 Å². The van der Waals surface area contributed by atoms with Crippen LogP contribution in [0.4, 0.5) is 0 Å². The molecule has 0 saturated heterocycles. The van der Waals surface area contributed by atoms with E-state index in [0.29, 0.717) is 18.2 Å². The van der Waals surface area contributed by atoms with Gasteiger partial charge in [-0.25, -0.2) is 4.98 Å². The standard InChI is InChI=1S/C14H14N4O2/c1-3-19-13-9(2)7-15-14(17-13)20-11-5-4-10-8-16-18-12(10)6-11/h4-8H,3H2,1-2H3,(H,16,18). The fourth-order valence-corrected chi connectivity index (χ4v) is 1.83. The third-order valence-corrected chi connectivity index (χ3v) is 2.81. The second-order valence-corrected chi connectivity index (χ2v) is 4.29. The fraction of sp³-hybridized carbons (Fsp3) is 0.214. The molecule has 0 bridgehead atoms. The van der Waals surface area contributed by atoms with Gasteiger partial charge in [0, 0.05) is 23.2 Å². The first-order valence-corrected chi connectivity index (χ1v) is 6.33. The van der Waals surface area contributed by atoms with E-state index in [1.54, 1.807) is 12.4 Å². The zero-order valence-corrected chi connectivity index (χ0v) is 11.3. The monoisotopic (exact) mass is 270 g/mol. The van der Waals surface area contributed by atoms with E-state index >= 15 is 0 Å². The summed E-state index contributed by atoms with van der Waals surface area (Å²) in [6.45, 7) is 4.36. The Hall–Kier alpha value is -2.63. The number of aromatic amines is 1. The minimum absolute atomic E-state index is 0.262. The molecule has 0 spiro atoms. The Morgan fingerprint density at radius 2 is 2.15 bits per heavy atom. The van der Waals surface area contributed by atoms with Crippen molar-refractivity contribution in [2.45, 2.75) is 13.8 Å². The molecule has 6 nitrogen and oxygen atoms in total. The van der Waals surface area contributed by atoms with Crippen LogP contribution in [0.1, 0.15) is 12.5 Å². The number of aryl methyl sites for hydroxylation is 1. The van der Waals surface area contributed by atoms with Crippen LogP contribution in [-0.4, -0.2) is 26.8 Å². The van der Waals surface area contributed by atoms with Crippen LogP contribution in [0.25, 0.3) is 10.9 Å². The minimum atomic E-state index is 0.262. The Kier molecular flexibility index (Phi) is 3.20. The van der Waals surface area contributed by atoms with Gasteiger partial charge in [-0.15, -0.1) is 0 Å². The first-order chi connectivity index (χ1) is 9.76. The second-order valence-electron chi connectivity index (χ2n) is 4.29. The maximum absolute atomic E-state index is 5.65. The van der Waals surface area contributed by atoms with Crippen LogP contribution in [0, 0.1) is 6.92 Å². The summed E-state index contributed by atoms with van der Waals surface area (Å²) in [5.74, 6) is 1.19. The molecular weight excluding hydrogens is 256 g/mol. The number of ether oxygens (including phenoxy) is 2. The van der Waals surface area contributed by atoms with E-state index in [9.17, 15) is 0 Å². The highest BCUT2D eigenvalue weighted by Crippen LogP contribution is 2.24. The van der Waals surface area contributed by atoms with Gasteiger partial charge in [0.05, 0.1) is 18.3 Å². The molecule has 2 heterocycles. The van der Waals surface area contributed by atoms with Crippen LogP contribution < -0.4 is 9.47 Å². The van der Waals surface area contributed by atoms with Crippen molar-refractivity contribution in [1.29, 1.82) is 0 Å². The molecule has 3 rings (SSSR count). The first-order valence-electron chi connectivity index (χ1n) is 6.33. The van der Waals surface area contributed by atoms with Crippen molar-refractivity contribution in [2.75, 3.05) is 6.61 Å². The zero-order chi connectivity index (χ0) is 13.9. The van der Waals surface area contributed by atoms with Gasteiger partial charge in [0.15, 0.2) is 0 Å². The number of hydrogen-bond acceptors (Lipinski definition) is 5. The quantitative estimate of drug-likeness (QED) is 0.789. The zero-order valence-electron chi connectivity index (χ0n) is 11.3. The summed E-state index contributed by atoms with van der Waals surface area (Å²) >= 11 is 0. The number of benzene rings is 1. The van der Waals surface area contributed by atoms with Crippen molar-refractivity contribution < 1.29 is 9.47 Å². The SMILES string of the molecule is CCOc1nc(Oc2ccc3cn[nH]c3c2)ncc1C. The third kappa shape index (κ3) is 2.40. The smallest absolute Gasteiger partial charge is 0.325 e. The second kappa shape index (κ2) is 5.16. The maximum Gasteiger partial charge on any atom is 0.325 e. The number of fused-ring (bicyclic) bond motifs is 1. The Balaban J connectivity index is 1.87. The van der Waals surface area contributed by atoms with Crippen LogP contribution in [0.15, 0.2) is 30.6 Å². The minimum Gasteiger partial charge on any atom is -0.478 e. The molecule has 0 saturated carbocycles. The van der Waals surface area contributed by atoms with Crippen molar-refractivity contribution >= 4 is 10.9 Å². The molecule has 0 unspecified atom stereocenters. The fourth-order valence-electron chi connectivity index (χ4n) is 1.83. The van der Waals surface area contributed by atoms with E-state index < -0.39 is 0 Å². The molecule has 0 amide bonds. The van der Waals surface area contributed by atoms with Gasteiger partial charge in [0.25, 0.3) is 0 Å². The number of nitrogens with zero attached hydrogens (tertiary/aromatic N) is 3. The summed E-state index contributed by atoms with van der Waals surface area (Å²) in [4.78, 5) is 8.39. The van der Waals surface area contributed by atoms with Gasteiger partial charge in [-0.05, 0) is 26.0 Å². The van der Waals surface area contributed by atoms with E-state index in [1.165, 1.54) is 0 Å². The number of aromatic nitrogens is 4. The highest BCUT2D eigenvalue weighted by atomic mass is 16.5. The number of hydrogen-bond donors (Lipinski definition) is 1. The van der Waals surface area contributed by atoms with Crippen molar-refractivity contribution in [1.82, 2.24) is 20.2 Å². The Morgan fingerprint density at radius 1 is 1.25 bits per heavy atom. The van der Waals surface area contributed by atoms with E-state index in [1.807, 2.05) is 32.0 Å². The van der Waals surface area contributed by atoms with Crippen LogP contribution in [0.3, 0.4) is 0 Å². The van der Waals surface area contributed by atoms with E-state index in [-0.39, 0.29) is 6.01 Å². The van der Waals surface area contributed by atoms with Gasteiger partial charge in [-0.1, -0.05) is 0 Å². The lowest BCUT2D eigenvalue weighted by Gasteiger charge is -2.08. The molecule has 0 radical (unpaired) electrons. The van der Waals surface area contributed by atoms with Gasteiger partial charge in [-0.2, -0.15) is 10.1 Å². The summed E-state index contributed by atoms with van der Waals surface area (Å²) in [5, 5.41) is 7.88. The van der Waals surface area contributed by atoms with Crippen LogP contribution in [-0.2, 0) is 0 Å². The van der Waals surface area contributed by atoms with Crippen molar-refractivity contribution in [3.8, 4) is 17.6 Å². The summed E-state index contributed by atoms with van der Waals surface area (Å²) in [7, 11) is 0. The van der Waals surface area contributed by atoms with Gasteiger partial charge in [0.1, 0.15) is 5.75 Å². The lowest BCUT2D eigenvalue weighted by atomic mass is 10.2. The lowest BCUT2D eigenvalue weighted by molar-refractivity contribution is 0.315. The van der Waals surface area contributed by atoms with Gasteiger partial charge < -0.3 is 9.47 Å². The lowest BCUT2D eigenvalue weighted by Crippen LogP contribution is -2.00. The molecule has 0 fully saturated rings. The Bertz CT molecular complexity index is 739. The Labute approximate surface area is 115 Å². The Morgan fingerprint density at radius 3 is 3.00 bits per heavy atom. The number of nitrogens with one attached hydrogen (secondary N) is 1. The molecular formula is C14H14N4O2. The maximum atomic E-state index is 5.65. The number of H-pyrrole nitrogens is 1. The van der Waals surface area contributed by atoms with Crippen molar-refractivity contribution in [3.05, 3.63) is 36.2 Å². The predicted molar refractivity (Wildman–Crippen MR) is 74.1 cm³/mol. The molecule has 6 heteroatoms. The topological polar surface area (TPSA) is 72.9 Å². The molecule has 0 aliphatic rings.